The summed E-state index contributed by atoms with van der Waals surface area (Å²) in [6.07, 6.45) is 5.57. The number of hydrogen-bond acceptors (Lipinski definition) is 0. The van der Waals surface area contributed by atoms with Crippen molar-refractivity contribution in [2.24, 2.45) is 0 Å². The summed E-state index contributed by atoms with van der Waals surface area (Å²) in [7, 11) is 0. The van der Waals surface area contributed by atoms with Gasteiger partial charge in [-0.2, -0.15) is 0 Å². The summed E-state index contributed by atoms with van der Waals surface area (Å²) in [5, 5.41) is 0. The molecule has 0 unspecified atom stereocenters. The quantitative estimate of drug-likeness (QED) is 0.594. The lowest BCUT2D eigenvalue weighted by Gasteiger charge is -2.30. The van der Waals surface area contributed by atoms with Crippen LogP contribution in [-0.2, 0) is 22.7 Å². The first-order valence-corrected chi connectivity index (χ1v) is 7.82. The van der Waals surface area contributed by atoms with Crippen LogP contribution in [0.1, 0.15) is 83.1 Å². The van der Waals surface area contributed by atoms with Gasteiger partial charge in [0.2, 0.25) is 0 Å². The van der Waals surface area contributed by atoms with Gasteiger partial charge in [0.1, 0.15) is 0 Å². The van der Waals surface area contributed by atoms with Crippen LogP contribution in [-0.4, -0.2) is 0 Å². The fourth-order valence-corrected chi connectivity index (χ4v) is 3.98. The molecule has 0 nitrogen and oxygen atoms in total. The van der Waals surface area contributed by atoms with Gasteiger partial charge in [-0.15, -0.1) is 0 Å². The molecule has 1 spiro atoms. The fraction of sp³-hybridized carbons (Fsp3) is 0.684. The van der Waals surface area contributed by atoms with Gasteiger partial charge >= 0.3 is 0 Å². The summed E-state index contributed by atoms with van der Waals surface area (Å²) in [5.74, 6) is 0. The second-order valence-electron chi connectivity index (χ2n) is 8.79. The van der Waals surface area contributed by atoms with Crippen LogP contribution in [0, 0.1) is 0 Å². The highest BCUT2D eigenvalue weighted by Crippen LogP contribution is 2.60. The standard InChI is InChI=1S/C19H28/c1-17(2,3)14-7-8-15(18(4,5)6)16-13(14)9-10-19(16)11-12-19/h7-8H,9-12H2,1-6H3. The molecule has 2 aliphatic carbocycles. The van der Waals surface area contributed by atoms with E-state index in [0.717, 1.165) is 0 Å². The molecule has 3 rings (SSSR count). The van der Waals surface area contributed by atoms with Crippen LogP contribution in [0.2, 0.25) is 0 Å². The Bertz CT molecular complexity index is 516. The molecule has 0 aromatic heterocycles. The van der Waals surface area contributed by atoms with E-state index in [1.165, 1.54) is 25.7 Å². The highest BCUT2D eigenvalue weighted by molar-refractivity contribution is 5.55. The minimum Gasteiger partial charge on any atom is -0.0579 e. The van der Waals surface area contributed by atoms with E-state index >= 15 is 0 Å². The molecule has 104 valence electrons. The van der Waals surface area contributed by atoms with Gasteiger partial charge in [0, 0.05) is 0 Å². The van der Waals surface area contributed by atoms with E-state index in [0.29, 0.717) is 5.41 Å². The van der Waals surface area contributed by atoms with Crippen LogP contribution in [0.5, 0.6) is 0 Å². The molecule has 0 atom stereocenters. The molecule has 1 saturated carbocycles. The van der Waals surface area contributed by atoms with E-state index in [2.05, 4.69) is 53.7 Å². The van der Waals surface area contributed by atoms with Crippen molar-refractivity contribution in [3.63, 3.8) is 0 Å². The average Bonchev–Trinajstić information content (AvgIpc) is 2.93. The van der Waals surface area contributed by atoms with Gasteiger partial charge in [0.05, 0.1) is 0 Å². The Balaban J connectivity index is 2.26. The molecule has 0 N–H and O–H groups in total. The molecule has 0 radical (unpaired) electrons. The Labute approximate surface area is 118 Å². The molecule has 0 heterocycles. The SMILES string of the molecule is CC(C)(C)c1ccc(C(C)(C)C)c2c1CCC21CC1. The molecule has 0 bridgehead atoms. The zero-order chi connectivity index (χ0) is 14.1. The highest BCUT2D eigenvalue weighted by Gasteiger charge is 2.51. The second kappa shape index (κ2) is 3.65. The van der Waals surface area contributed by atoms with Crippen LogP contribution in [0.15, 0.2) is 12.1 Å². The van der Waals surface area contributed by atoms with Crippen molar-refractivity contribution in [1.82, 2.24) is 0 Å². The lowest BCUT2D eigenvalue weighted by Crippen LogP contribution is -2.21. The Morgan fingerprint density at radius 2 is 1.32 bits per heavy atom. The van der Waals surface area contributed by atoms with Crippen molar-refractivity contribution >= 4 is 0 Å². The summed E-state index contributed by atoms with van der Waals surface area (Å²) in [6.45, 7) is 14.2. The molecule has 0 heteroatoms. The molecule has 1 aromatic rings. The third kappa shape index (κ3) is 1.95. The van der Waals surface area contributed by atoms with E-state index in [-0.39, 0.29) is 10.8 Å². The predicted octanol–water partition coefficient (Wildman–Crippen LogP) is 5.26. The first-order chi connectivity index (χ1) is 8.65. The average molecular weight is 256 g/mol. The van der Waals surface area contributed by atoms with E-state index < -0.39 is 0 Å². The molecule has 2 aliphatic rings. The van der Waals surface area contributed by atoms with Crippen LogP contribution in [0.3, 0.4) is 0 Å². The van der Waals surface area contributed by atoms with Crippen molar-refractivity contribution in [1.29, 1.82) is 0 Å². The molecule has 1 aromatic carbocycles. The largest absolute Gasteiger partial charge is 0.0579 e. The number of benzene rings is 1. The van der Waals surface area contributed by atoms with Gasteiger partial charge in [-0.25, -0.2) is 0 Å². The molecular weight excluding hydrogens is 228 g/mol. The summed E-state index contributed by atoms with van der Waals surface area (Å²) in [5.41, 5.74) is 7.82. The Hall–Kier alpha value is -0.780. The topological polar surface area (TPSA) is 0 Å². The maximum absolute atomic E-state index is 2.44. The first-order valence-electron chi connectivity index (χ1n) is 7.82. The molecule has 0 aliphatic heterocycles. The molecule has 0 amide bonds. The summed E-state index contributed by atoms with van der Waals surface area (Å²) in [6, 6.07) is 4.85. The van der Waals surface area contributed by atoms with Gasteiger partial charge in [-0.1, -0.05) is 53.7 Å². The third-order valence-corrected chi connectivity index (χ3v) is 5.17. The summed E-state index contributed by atoms with van der Waals surface area (Å²) in [4.78, 5) is 0. The summed E-state index contributed by atoms with van der Waals surface area (Å²) < 4.78 is 0. The van der Waals surface area contributed by atoms with Gasteiger partial charge in [-0.05, 0) is 64.2 Å². The van der Waals surface area contributed by atoms with Crippen molar-refractivity contribution in [3.8, 4) is 0 Å². The zero-order valence-electron chi connectivity index (χ0n) is 13.5. The first kappa shape index (κ1) is 13.2. The van der Waals surface area contributed by atoms with Crippen molar-refractivity contribution in [2.75, 3.05) is 0 Å². The lowest BCUT2D eigenvalue weighted by molar-refractivity contribution is 0.561. The zero-order valence-corrected chi connectivity index (χ0v) is 13.5. The van der Waals surface area contributed by atoms with Crippen LogP contribution < -0.4 is 0 Å². The van der Waals surface area contributed by atoms with Gasteiger partial charge < -0.3 is 0 Å². The monoisotopic (exact) mass is 256 g/mol. The number of rotatable bonds is 0. The Morgan fingerprint density at radius 3 is 1.79 bits per heavy atom. The van der Waals surface area contributed by atoms with E-state index in [4.69, 9.17) is 0 Å². The van der Waals surface area contributed by atoms with Crippen molar-refractivity contribution in [3.05, 3.63) is 34.4 Å². The fourth-order valence-electron chi connectivity index (χ4n) is 3.98. The highest BCUT2D eigenvalue weighted by atomic mass is 14.6. The minimum atomic E-state index is 0.278. The van der Waals surface area contributed by atoms with E-state index in [1.54, 1.807) is 22.3 Å². The maximum atomic E-state index is 2.44. The van der Waals surface area contributed by atoms with Gasteiger partial charge in [0.25, 0.3) is 0 Å². The maximum Gasteiger partial charge on any atom is -0.00374 e. The van der Waals surface area contributed by atoms with Crippen LogP contribution >= 0.6 is 0 Å². The second-order valence-corrected chi connectivity index (χ2v) is 8.79. The van der Waals surface area contributed by atoms with Gasteiger partial charge in [0.15, 0.2) is 0 Å². The molecule has 0 saturated heterocycles. The Kier molecular flexibility index (Phi) is 2.54. The number of hydrogen-bond donors (Lipinski definition) is 0. The van der Waals surface area contributed by atoms with Crippen LogP contribution in [0.4, 0.5) is 0 Å². The lowest BCUT2D eigenvalue weighted by atomic mass is 9.75. The summed E-state index contributed by atoms with van der Waals surface area (Å²) >= 11 is 0. The molecular formula is C19H28. The van der Waals surface area contributed by atoms with E-state index in [9.17, 15) is 0 Å². The minimum absolute atomic E-state index is 0.278. The van der Waals surface area contributed by atoms with Crippen LogP contribution in [0.25, 0.3) is 0 Å². The molecule has 1 fully saturated rings. The van der Waals surface area contributed by atoms with Gasteiger partial charge in [-0.3, -0.25) is 0 Å². The third-order valence-electron chi connectivity index (χ3n) is 5.17. The Morgan fingerprint density at radius 1 is 0.789 bits per heavy atom. The molecule has 19 heavy (non-hydrogen) atoms. The number of fused-ring (bicyclic) bond motifs is 2. The van der Waals surface area contributed by atoms with Crippen molar-refractivity contribution in [2.45, 2.75) is 83.5 Å². The van der Waals surface area contributed by atoms with Crippen molar-refractivity contribution < 1.29 is 0 Å². The van der Waals surface area contributed by atoms with E-state index in [1.807, 2.05) is 0 Å². The predicted molar refractivity (Wildman–Crippen MR) is 83.1 cm³/mol. The smallest absolute Gasteiger partial charge is 0.00374 e. The normalized spacial score (nSPS) is 20.7.